The van der Waals surface area contributed by atoms with Gasteiger partial charge in [0, 0.05) is 31.6 Å². The van der Waals surface area contributed by atoms with E-state index in [0.717, 1.165) is 61.0 Å². The normalized spacial score (nSPS) is 15.3. The van der Waals surface area contributed by atoms with Crippen LogP contribution in [0.1, 0.15) is 18.1 Å². The van der Waals surface area contributed by atoms with E-state index in [2.05, 4.69) is 21.4 Å². The molecule has 7 nitrogen and oxygen atoms in total. The summed E-state index contributed by atoms with van der Waals surface area (Å²) in [6, 6.07) is 15.7. The van der Waals surface area contributed by atoms with Crippen molar-refractivity contribution in [1.82, 2.24) is 9.47 Å². The number of pyridine rings is 1. The fourth-order valence-corrected chi connectivity index (χ4v) is 4.93. The zero-order valence-corrected chi connectivity index (χ0v) is 19.7. The van der Waals surface area contributed by atoms with Gasteiger partial charge < -0.3 is 14.4 Å². The topological polar surface area (TPSA) is 74.7 Å². The van der Waals surface area contributed by atoms with Gasteiger partial charge in [-0.05, 0) is 31.2 Å². The number of benzene rings is 2. The number of rotatable bonds is 6. The van der Waals surface area contributed by atoms with Gasteiger partial charge in [0.05, 0.1) is 24.0 Å². The van der Waals surface area contributed by atoms with Crippen LogP contribution in [0.3, 0.4) is 0 Å². The number of aryl methyl sites for hydroxylation is 1. The Morgan fingerprint density at radius 3 is 2.31 bits per heavy atom. The van der Waals surface area contributed by atoms with Crippen LogP contribution in [-0.4, -0.2) is 56.9 Å². The number of anilines is 2. The summed E-state index contributed by atoms with van der Waals surface area (Å²) in [4.78, 5) is 18.2. The highest BCUT2D eigenvalue weighted by Gasteiger charge is 2.26. The maximum Gasteiger partial charge on any atom is 0.277 e. The second-order valence-corrected chi connectivity index (χ2v) is 10.2. The van der Waals surface area contributed by atoms with Crippen molar-refractivity contribution in [2.24, 2.45) is 0 Å². The lowest BCUT2D eigenvalue weighted by atomic mass is 10.1. The van der Waals surface area contributed by atoms with Crippen molar-refractivity contribution in [2.75, 3.05) is 48.6 Å². The number of hydrogen-bond donors (Lipinski definition) is 1. The standard InChI is InChI=1S/C24H30N4O3S/c1-4-26-12-14-27(15-13-26)23-20-16-18(2)10-11-21(20)28(17-19-8-6-5-7-9-19)24(29)22(23)25-32(3,30)31/h5-11,16,25H,4,12-15,17H2,1-3H3. The van der Waals surface area contributed by atoms with Crippen molar-refractivity contribution in [1.29, 1.82) is 0 Å². The Hall–Kier alpha value is -2.84. The highest BCUT2D eigenvalue weighted by Crippen LogP contribution is 2.34. The molecule has 2 heterocycles. The molecule has 1 aliphatic heterocycles. The van der Waals surface area contributed by atoms with Crippen LogP contribution in [0.2, 0.25) is 0 Å². The molecule has 8 heteroatoms. The number of nitrogens with one attached hydrogen (secondary N) is 1. The largest absolute Gasteiger partial charge is 0.367 e. The Balaban J connectivity index is 1.96. The van der Waals surface area contributed by atoms with Crippen LogP contribution in [0, 0.1) is 6.92 Å². The minimum absolute atomic E-state index is 0.131. The van der Waals surface area contributed by atoms with Crippen molar-refractivity contribution in [3.63, 3.8) is 0 Å². The van der Waals surface area contributed by atoms with Crippen molar-refractivity contribution in [3.8, 4) is 0 Å². The van der Waals surface area contributed by atoms with E-state index in [9.17, 15) is 13.2 Å². The van der Waals surface area contributed by atoms with E-state index >= 15 is 0 Å². The van der Waals surface area contributed by atoms with Gasteiger partial charge in [0.25, 0.3) is 5.56 Å². The molecule has 0 spiro atoms. The van der Waals surface area contributed by atoms with Crippen LogP contribution < -0.4 is 15.2 Å². The molecule has 0 unspecified atom stereocenters. The molecular formula is C24H30N4O3S. The molecule has 0 aliphatic carbocycles. The van der Waals surface area contributed by atoms with E-state index in [0.29, 0.717) is 12.2 Å². The quantitative estimate of drug-likeness (QED) is 0.620. The molecule has 2 aromatic carbocycles. The van der Waals surface area contributed by atoms with Crippen LogP contribution in [0.25, 0.3) is 10.9 Å². The number of sulfonamides is 1. The van der Waals surface area contributed by atoms with E-state index in [-0.39, 0.29) is 11.2 Å². The zero-order valence-electron chi connectivity index (χ0n) is 18.8. The van der Waals surface area contributed by atoms with Crippen LogP contribution in [-0.2, 0) is 16.6 Å². The summed E-state index contributed by atoms with van der Waals surface area (Å²) in [6.45, 7) is 8.69. The molecule has 0 saturated carbocycles. The van der Waals surface area contributed by atoms with Gasteiger partial charge in [-0.2, -0.15) is 0 Å². The van der Waals surface area contributed by atoms with Gasteiger partial charge in [-0.15, -0.1) is 0 Å². The van der Waals surface area contributed by atoms with Crippen LogP contribution in [0.4, 0.5) is 11.4 Å². The van der Waals surface area contributed by atoms with Gasteiger partial charge in [0.1, 0.15) is 5.69 Å². The number of nitrogens with zero attached hydrogens (tertiary/aromatic N) is 3. The minimum atomic E-state index is -3.65. The number of piperazine rings is 1. The van der Waals surface area contributed by atoms with Gasteiger partial charge in [-0.25, -0.2) is 8.42 Å². The summed E-state index contributed by atoms with van der Waals surface area (Å²) < 4.78 is 28.8. The van der Waals surface area contributed by atoms with Gasteiger partial charge in [-0.3, -0.25) is 9.52 Å². The highest BCUT2D eigenvalue weighted by molar-refractivity contribution is 7.92. The van der Waals surface area contributed by atoms with Crippen LogP contribution >= 0.6 is 0 Å². The Morgan fingerprint density at radius 1 is 1.00 bits per heavy atom. The lowest BCUT2D eigenvalue weighted by molar-refractivity contribution is 0.271. The van der Waals surface area contributed by atoms with Crippen molar-refractivity contribution in [3.05, 3.63) is 70.0 Å². The monoisotopic (exact) mass is 454 g/mol. The molecular weight excluding hydrogens is 424 g/mol. The molecule has 4 rings (SSSR count). The molecule has 1 fully saturated rings. The average molecular weight is 455 g/mol. The average Bonchev–Trinajstić information content (AvgIpc) is 2.77. The summed E-state index contributed by atoms with van der Waals surface area (Å²) in [5, 5.41) is 0.886. The fraction of sp³-hybridized carbons (Fsp3) is 0.375. The highest BCUT2D eigenvalue weighted by atomic mass is 32.2. The third-order valence-electron chi connectivity index (χ3n) is 6.00. The lowest BCUT2D eigenvalue weighted by Gasteiger charge is -2.37. The second-order valence-electron chi connectivity index (χ2n) is 8.42. The molecule has 0 atom stereocenters. The minimum Gasteiger partial charge on any atom is -0.367 e. The first kappa shape index (κ1) is 22.4. The first-order valence-electron chi connectivity index (χ1n) is 10.9. The third kappa shape index (κ3) is 4.66. The predicted octanol–water partition coefficient (Wildman–Crippen LogP) is 2.87. The Bertz CT molecular complexity index is 1280. The first-order valence-corrected chi connectivity index (χ1v) is 12.8. The fourth-order valence-electron chi connectivity index (χ4n) is 4.37. The molecule has 1 N–H and O–H groups in total. The predicted molar refractivity (Wildman–Crippen MR) is 131 cm³/mol. The number of hydrogen-bond acceptors (Lipinski definition) is 5. The molecule has 3 aromatic rings. The van der Waals surface area contributed by atoms with Crippen molar-refractivity contribution < 1.29 is 8.42 Å². The van der Waals surface area contributed by atoms with Gasteiger partial charge >= 0.3 is 0 Å². The molecule has 1 aromatic heterocycles. The molecule has 0 amide bonds. The SMILES string of the molecule is CCN1CCN(c2c(NS(C)(=O)=O)c(=O)n(Cc3ccccc3)c3ccc(C)cc23)CC1. The molecule has 170 valence electrons. The zero-order chi connectivity index (χ0) is 22.9. The van der Waals surface area contributed by atoms with Crippen LogP contribution in [0.5, 0.6) is 0 Å². The maximum atomic E-state index is 13.7. The lowest BCUT2D eigenvalue weighted by Crippen LogP contribution is -2.47. The Kier molecular flexibility index (Phi) is 6.26. The number of aromatic nitrogens is 1. The van der Waals surface area contributed by atoms with E-state index in [4.69, 9.17) is 0 Å². The van der Waals surface area contributed by atoms with E-state index < -0.39 is 10.0 Å². The van der Waals surface area contributed by atoms with Crippen LogP contribution in [0.15, 0.2) is 53.3 Å². The molecule has 32 heavy (non-hydrogen) atoms. The van der Waals surface area contributed by atoms with E-state index in [1.54, 1.807) is 4.57 Å². The molecule has 0 radical (unpaired) electrons. The third-order valence-corrected chi connectivity index (χ3v) is 6.58. The van der Waals surface area contributed by atoms with Gasteiger partial charge in [0.2, 0.25) is 10.0 Å². The summed E-state index contributed by atoms with van der Waals surface area (Å²) in [5.41, 5.74) is 3.32. The summed E-state index contributed by atoms with van der Waals surface area (Å²) >= 11 is 0. The number of fused-ring (bicyclic) bond motifs is 1. The number of likely N-dealkylation sites (N-methyl/N-ethyl adjacent to an activating group) is 1. The smallest absolute Gasteiger partial charge is 0.277 e. The van der Waals surface area contributed by atoms with Crippen molar-refractivity contribution in [2.45, 2.75) is 20.4 Å². The summed E-state index contributed by atoms with van der Waals surface area (Å²) in [6.07, 6.45) is 1.09. The Labute approximate surface area is 189 Å². The molecule has 1 saturated heterocycles. The summed E-state index contributed by atoms with van der Waals surface area (Å²) in [5.74, 6) is 0. The molecule has 1 aliphatic rings. The second kappa shape index (κ2) is 8.96. The van der Waals surface area contributed by atoms with Gasteiger partial charge in [0.15, 0.2) is 0 Å². The molecule has 0 bridgehead atoms. The van der Waals surface area contributed by atoms with E-state index in [1.807, 2.05) is 55.5 Å². The van der Waals surface area contributed by atoms with Gasteiger partial charge in [-0.1, -0.05) is 48.9 Å². The van der Waals surface area contributed by atoms with Crippen molar-refractivity contribution >= 4 is 32.3 Å². The summed E-state index contributed by atoms with van der Waals surface area (Å²) in [7, 11) is -3.65. The van der Waals surface area contributed by atoms with E-state index in [1.165, 1.54) is 0 Å². The first-order chi connectivity index (χ1) is 15.3. The Morgan fingerprint density at radius 2 is 1.69 bits per heavy atom. The maximum absolute atomic E-state index is 13.7.